The van der Waals surface area contributed by atoms with Gasteiger partial charge in [0.25, 0.3) is 0 Å². The van der Waals surface area contributed by atoms with Crippen LogP contribution in [0.5, 0.6) is 0 Å². The molecule has 0 saturated carbocycles. The minimum Gasteiger partial charge on any atom is -0.359 e. The zero-order valence-corrected chi connectivity index (χ0v) is 7.23. The molecule has 5 heteroatoms. The van der Waals surface area contributed by atoms with Crippen molar-refractivity contribution in [1.29, 1.82) is 0 Å². The van der Waals surface area contributed by atoms with Gasteiger partial charge in [-0.25, -0.2) is 0 Å². The highest BCUT2D eigenvalue weighted by molar-refractivity contribution is 5.45. The monoisotopic (exact) mass is 170 g/mol. The second kappa shape index (κ2) is 7.88. The molecule has 0 radical (unpaired) electrons. The van der Waals surface area contributed by atoms with Crippen LogP contribution >= 0.6 is 0 Å². The lowest BCUT2D eigenvalue weighted by atomic mass is 10.1. The molecular weight excluding hydrogens is 156 g/mol. The van der Waals surface area contributed by atoms with E-state index in [1.165, 1.54) is 0 Å². The molecular formula is C7H14N4O. The highest BCUT2D eigenvalue weighted by atomic mass is 16.1. The van der Waals surface area contributed by atoms with Crippen molar-refractivity contribution in [2.75, 3.05) is 6.54 Å². The number of rotatable bonds is 7. The van der Waals surface area contributed by atoms with Gasteiger partial charge in [0.15, 0.2) is 0 Å². The Morgan fingerprint density at radius 3 is 3.00 bits per heavy atom. The summed E-state index contributed by atoms with van der Waals surface area (Å²) in [5.74, 6) is 0. The highest BCUT2D eigenvalue weighted by Gasteiger charge is 1.96. The predicted octanol–water partition coefficient (Wildman–Crippen LogP) is 1.60. The summed E-state index contributed by atoms with van der Waals surface area (Å²) in [6.07, 6.45) is 3.48. The van der Waals surface area contributed by atoms with E-state index in [1.54, 1.807) is 0 Å². The van der Waals surface area contributed by atoms with E-state index < -0.39 is 0 Å². The molecule has 0 aromatic carbocycles. The summed E-state index contributed by atoms with van der Waals surface area (Å²) in [6, 6.07) is 0.0613. The molecule has 1 unspecified atom stereocenters. The topological polar surface area (TPSA) is 77.9 Å². The quantitative estimate of drug-likeness (QED) is 0.203. The summed E-state index contributed by atoms with van der Waals surface area (Å²) in [6.45, 7) is 2.58. The lowest BCUT2D eigenvalue weighted by molar-refractivity contribution is -0.109. The van der Waals surface area contributed by atoms with Crippen molar-refractivity contribution in [3.63, 3.8) is 0 Å². The summed E-state index contributed by atoms with van der Waals surface area (Å²) in [5.41, 5.74) is 8.08. The van der Waals surface area contributed by atoms with Crippen LogP contribution in [0.15, 0.2) is 5.11 Å². The number of carbonyl (C=O) groups is 1. The molecule has 0 aliphatic rings. The van der Waals surface area contributed by atoms with Gasteiger partial charge in [-0.1, -0.05) is 18.5 Å². The second-order valence-electron chi connectivity index (χ2n) is 2.62. The molecule has 0 aromatic rings. The van der Waals surface area contributed by atoms with Crippen LogP contribution in [-0.4, -0.2) is 19.0 Å². The molecule has 0 fully saturated rings. The normalized spacial score (nSPS) is 11.4. The molecule has 0 bridgehead atoms. The summed E-state index contributed by atoms with van der Waals surface area (Å²) < 4.78 is 0. The maximum Gasteiger partial charge on any atom is 0.207 e. The number of carbonyl (C=O) groups excluding carboxylic acids is 1. The maximum atomic E-state index is 9.83. The van der Waals surface area contributed by atoms with E-state index >= 15 is 0 Å². The summed E-state index contributed by atoms with van der Waals surface area (Å²) in [4.78, 5) is 12.5. The van der Waals surface area contributed by atoms with Crippen LogP contribution in [0.2, 0.25) is 0 Å². The average Bonchev–Trinajstić information content (AvgIpc) is 2.05. The van der Waals surface area contributed by atoms with E-state index in [2.05, 4.69) is 15.3 Å². The molecule has 0 aliphatic heterocycles. The first-order valence-corrected chi connectivity index (χ1v) is 4.02. The van der Waals surface area contributed by atoms with Crippen molar-refractivity contribution in [1.82, 2.24) is 5.32 Å². The van der Waals surface area contributed by atoms with Crippen LogP contribution in [-0.2, 0) is 4.79 Å². The number of nitrogens with one attached hydrogen (secondary N) is 1. The summed E-state index contributed by atoms with van der Waals surface area (Å²) >= 11 is 0. The Morgan fingerprint density at radius 2 is 2.42 bits per heavy atom. The Hall–Kier alpha value is -1.22. The van der Waals surface area contributed by atoms with Gasteiger partial charge in [0.05, 0.1) is 0 Å². The Labute approximate surface area is 71.8 Å². The molecule has 0 aromatic heterocycles. The second-order valence-corrected chi connectivity index (χ2v) is 2.62. The highest BCUT2D eigenvalue weighted by Crippen LogP contribution is 2.03. The van der Waals surface area contributed by atoms with Gasteiger partial charge < -0.3 is 5.32 Å². The molecule has 0 aliphatic carbocycles. The van der Waals surface area contributed by atoms with Crippen LogP contribution in [0.4, 0.5) is 0 Å². The predicted molar refractivity (Wildman–Crippen MR) is 46.5 cm³/mol. The fourth-order valence-electron chi connectivity index (χ4n) is 0.872. The van der Waals surface area contributed by atoms with Gasteiger partial charge in [-0.15, -0.1) is 0 Å². The van der Waals surface area contributed by atoms with Gasteiger partial charge in [-0.05, 0) is 18.4 Å². The molecule has 68 valence electrons. The summed E-state index contributed by atoms with van der Waals surface area (Å²) in [5, 5.41) is 6.10. The third kappa shape index (κ3) is 6.89. The average molecular weight is 170 g/mol. The van der Waals surface area contributed by atoms with Gasteiger partial charge in [0.2, 0.25) is 6.41 Å². The molecule has 1 N–H and O–H groups in total. The molecule has 1 amide bonds. The first-order chi connectivity index (χ1) is 5.81. The Balaban J connectivity index is 3.18. The van der Waals surface area contributed by atoms with Crippen molar-refractivity contribution in [3.05, 3.63) is 10.4 Å². The molecule has 0 saturated heterocycles. The smallest absolute Gasteiger partial charge is 0.207 e. The number of unbranched alkanes of at least 4 members (excludes halogenated alkanes) is 1. The minimum atomic E-state index is 0.0613. The van der Waals surface area contributed by atoms with Crippen LogP contribution < -0.4 is 5.32 Å². The zero-order chi connectivity index (χ0) is 9.23. The van der Waals surface area contributed by atoms with Crippen molar-refractivity contribution in [3.8, 4) is 0 Å². The minimum absolute atomic E-state index is 0.0613. The van der Waals surface area contributed by atoms with Crippen LogP contribution in [0, 0.1) is 0 Å². The largest absolute Gasteiger partial charge is 0.359 e. The number of nitrogens with zero attached hydrogens (tertiary/aromatic N) is 3. The molecule has 1 atom stereocenters. The third-order valence-corrected chi connectivity index (χ3v) is 1.53. The van der Waals surface area contributed by atoms with Crippen LogP contribution in [0.1, 0.15) is 26.2 Å². The SMILES string of the molecule is CC(CCCCNC=O)N=[N+]=[N-]. The van der Waals surface area contributed by atoms with Gasteiger partial charge in [0.1, 0.15) is 0 Å². The van der Waals surface area contributed by atoms with Gasteiger partial charge >= 0.3 is 0 Å². The van der Waals surface area contributed by atoms with E-state index in [9.17, 15) is 4.79 Å². The molecule has 0 spiro atoms. The Kier molecular flexibility index (Phi) is 7.08. The standard InChI is InChI=1S/C7H14N4O/c1-7(10-11-8)4-2-3-5-9-6-12/h6-7H,2-5H2,1H3,(H,9,12). The van der Waals surface area contributed by atoms with Crippen molar-refractivity contribution >= 4 is 6.41 Å². The number of hydrogen-bond acceptors (Lipinski definition) is 2. The van der Waals surface area contributed by atoms with Crippen molar-refractivity contribution in [2.45, 2.75) is 32.2 Å². The van der Waals surface area contributed by atoms with E-state index in [-0.39, 0.29) is 6.04 Å². The first kappa shape index (κ1) is 10.8. The van der Waals surface area contributed by atoms with E-state index in [0.29, 0.717) is 13.0 Å². The molecule has 0 heterocycles. The number of amides is 1. The van der Waals surface area contributed by atoms with E-state index in [1.807, 2.05) is 6.92 Å². The molecule has 12 heavy (non-hydrogen) atoms. The fourth-order valence-corrected chi connectivity index (χ4v) is 0.872. The first-order valence-electron chi connectivity index (χ1n) is 4.02. The van der Waals surface area contributed by atoms with Crippen LogP contribution in [0.3, 0.4) is 0 Å². The maximum absolute atomic E-state index is 9.83. The van der Waals surface area contributed by atoms with E-state index in [0.717, 1.165) is 19.3 Å². The lowest BCUT2D eigenvalue weighted by Gasteiger charge is -2.02. The Bertz CT molecular complexity index is 165. The van der Waals surface area contributed by atoms with Crippen LogP contribution in [0.25, 0.3) is 10.4 Å². The molecule has 0 rings (SSSR count). The zero-order valence-electron chi connectivity index (χ0n) is 7.23. The van der Waals surface area contributed by atoms with Gasteiger partial charge in [0, 0.05) is 17.5 Å². The molecule has 5 nitrogen and oxygen atoms in total. The van der Waals surface area contributed by atoms with Crippen molar-refractivity contribution < 1.29 is 4.79 Å². The third-order valence-electron chi connectivity index (χ3n) is 1.53. The fraction of sp³-hybridized carbons (Fsp3) is 0.857. The van der Waals surface area contributed by atoms with Crippen molar-refractivity contribution in [2.24, 2.45) is 5.11 Å². The summed E-state index contributed by atoms with van der Waals surface area (Å²) in [7, 11) is 0. The number of azide groups is 1. The lowest BCUT2D eigenvalue weighted by Crippen LogP contribution is -2.12. The Morgan fingerprint density at radius 1 is 1.67 bits per heavy atom. The van der Waals surface area contributed by atoms with Gasteiger partial charge in [-0.2, -0.15) is 0 Å². The number of hydrogen-bond donors (Lipinski definition) is 1. The van der Waals surface area contributed by atoms with E-state index in [4.69, 9.17) is 5.53 Å². The van der Waals surface area contributed by atoms with Gasteiger partial charge in [-0.3, -0.25) is 4.79 Å².